The normalized spacial score (nSPS) is 18.3. The molecule has 1 fully saturated rings. The van der Waals surface area contributed by atoms with Crippen molar-refractivity contribution < 1.29 is 31.0 Å². The Morgan fingerprint density at radius 2 is 1.88 bits per heavy atom. The van der Waals surface area contributed by atoms with Crippen molar-refractivity contribution in [1.82, 2.24) is 0 Å². The fraction of sp³-hybridized carbons (Fsp3) is 0.381. The highest BCUT2D eigenvalue weighted by Crippen LogP contribution is 2.40. The second-order valence-electron chi connectivity index (χ2n) is 7.87. The Hall–Kier alpha value is -2.40. The molecule has 1 heterocycles. The first-order chi connectivity index (χ1) is 15.2. The summed E-state index contributed by atoms with van der Waals surface area (Å²) in [6.45, 7) is -0.195. The van der Waals surface area contributed by atoms with E-state index in [9.17, 15) is 31.0 Å². The third kappa shape index (κ3) is 6.14. The number of carbonyl (C=O) groups excluding carboxylic acids is 1. The lowest BCUT2D eigenvalue weighted by molar-refractivity contribution is -0.137. The summed E-state index contributed by atoms with van der Waals surface area (Å²) in [4.78, 5) is 14.5. The monoisotopic (exact) mass is 509 g/mol. The van der Waals surface area contributed by atoms with Crippen molar-refractivity contribution in [2.24, 2.45) is 0 Å². The lowest BCUT2D eigenvalue weighted by Crippen LogP contribution is -2.29. The predicted molar refractivity (Wildman–Crippen MR) is 117 cm³/mol. The van der Waals surface area contributed by atoms with Gasteiger partial charge in [0.15, 0.2) is 0 Å². The van der Waals surface area contributed by atoms with Crippen LogP contribution in [-0.4, -0.2) is 35.4 Å². The summed E-state index contributed by atoms with van der Waals surface area (Å²) in [7, 11) is -3.07. The topological polar surface area (TPSA) is 73.3 Å². The molecule has 1 atom stereocenters. The Morgan fingerprint density at radius 1 is 1.18 bits per heavy atom. The minimum absolute atomic E-state index is 0.0362. The van der Waals surface area contributed by atoms with E-state index in [0.717, 1.165) is 6.07 Å². The van der Waals surface area contributed by atoms with Gasteiger partial charge in [-0.05, 0) is 36.8 Å². The van der Waals surface area contributed by atoms with Gasteiger partial charge in [0.2, 0.25) is 5.92 Å². The molecule has 2 N–H and O–H groups in total. The van der Waals surface area contributed by atoms with Gasteiger partial charge in [-0.1, -0.05) is 17.7 Å². The van der Waals surface area contributed by atoms with E-state index in [-0.39, 0.29) is 41.3 Å². The van der Waals surface area contributed by atoms with Gasteiger partial charge in [-0.25, -0.2) is 17.8 Å². The number of nitrogens with zero attached hydrogens (tertiary/aromatic N) is 1. The summed E-state index contributed by atoms with van der Waals surface area (Å²) in [6.07, 6.45) is -4.53. The van der Waals surface area contributed by atoms with Gasteiger partial charge < -0.3 is 10.2 Å². The van der Waals surface area contributed by atoms with Crippen molar-refractivity contribution in [1.29, 1.82) is 4.78 Å². The van der Waals surface area contributed by atoms with Gasteiger partial charge in [0.1, 0.15) is 0 Å². The Kier molecular flexibility index (Phi) is 6.95. The Labute approximate surface area is 192 Å². The van der Waals surface area contributed by atoms with E-state index < -0.39 is 51.2 Å². The van der Waals surface area contributed by atoms with Crippen LogP contribution in [0.2, 0.25) is 5.02 Å². The maximum absolute atomic E-state index is 13.8. The summed E-state index contributed by atoms with van der Waals surface area (Å²) in [5, 5.41) is 1.80. The van der Waals surface area contributed by atoms with Crippen LogP contribution in [-0.2, 0) is 15.9 Å². The van der Waals surface area contributed by atoms with Crippen molar-refractivity contribution in [3.63, 3.8) is 0 Å². The van der Waals surface area contributed by atoms with Gasteiger partial charge >= 0.3 is 6.18 Å². The number of carbonyl (C=O) groups is 1. The molecule has 33 heavy (non-hydrogen) atoms. The molecule has 1 saturated heterocycles. The quantitative estimate of drug-likeness (QED) is 0.477. The molecule has 0 saturated carbocycles. The molecule has 3 rings (SSSR count). The number of halogens is 6. The molecule has 0 bridgehead atoms. The fourth-order valence-corrected chi connectivity index (χ4v) is 4.50. The molecule has 2 aromatic carbocycles. The number of alkyl halides is 5. The Balaban J connectivity index is 2.03. The number of rotatable bonds is 4. The molecule has 180 valence electrons. The van der Waals surface area contributed by atoms with Crippen LogP contribution in [0.3, 0.4) is 0 Å². The average molecular weight is 510 g/mol. The van der Waals surface area contributed by atoms with E-state index in [1.807, 2.05) is 0 Å². The minimum atomic E-state index is -4.81. The molecule has 1 aliphatic rings. The highest BCUT2D eigenvalue weighted by Gasteiger charge is 2.37. The fourth-order valence-electron chi connectivity index (χ4n) is 3.54. The van der Waals surface area contributed by atoms with Crippen LogP contribution in [0.25, 0.3) is 0 Å². The molecule has 1 amide bonds. The first-order valence-corrected chi connectivity index (χ1v) is 12.2. The van der Waals surface area contributed by atoms with Crippen LogP contribution < -0.4 is 10.2 Å². The van der Waals surface area contributed by atoms with Crippen LogP contribution >= 0.6 is 11.6 Å². The van der Waals surface area contributed by atoms with E-state index in [0.29, 0.717) is 6.07 Å². The molecule has 0 aromatic heterocycles. The van der Waals surface area contributed by atoms with Gasteiger partial charge in [0.05, 0.1) is 31.6 Å². The lowest BCUT2D eigenvalue weighted by atomic mass is 10.1. The van der Waals surface area contributed by atoms with Crippen LogP contribution in [0.15, 0.2) is 41.3 Å². The first-order valence-electron chi connectivity index (χ1n) is 9.86. The second kappa shape index (κ2) is 9.09. The summed E-state index contributed by atoms with van der Waals surface area (Å²) in [5.41, 5.74) is -1.37. The molecular weight excluding hydrogens is 489 g/mol. The average Bonchev–Trinajstić information content (AvgIpc) is 2.87. The SMILES string of the molecule is CS(=N)(=O)c1cccc(NC(=O)c2cc(Cl)c(C(F)(F)F)cc2N2CCCC(F)(F)CC2)c1. The van der Waals surface area contributed by atoms with Crippen LogP contribution in [0, 0.1) is 4.78 Å². The molecular formula is C21H21ClF5N3O2S. The van der Waals surface area contributed by atoms with Gasteiger partial charge in [0, 0.05) is 42.8 Å². The van der Waals surface area contributed by atoms with Gasteiger partial charge in [0.25, 0.3) is 5.91 Å². The number of anilines is 2. The van der Waals surface area contributed by atoms with E-state index in [1.54, 1.807) is 0 Å². The lowest BCUT2D eigenvalue weighted by Gasteiger charge is -2.27. The standard InChI is InChI=1S/C21H21ClF5N3O2S/c1-33(28,32)14-5-2-4-13(10-14)29-19(31)15-11-17(22)16(21(25,26)27)12-18(15)30-8-3-6-20(23,24)7-9-30/h2,4-5,10-12,28H,3,6-9H2,1H3,(H,29,31). The zero-order chi connectivity index (χ0) is 24.6. The number of benzene rings is 2. The van der Waals surface area contributed by atoms with Gasteiger partial charge in [-0.2, -0.15) is 13.2 Å². The van der Waals surface area contributed by atoms with Crippen molar-refractivity contribution >= 4 is 38.6 Å². The van der Waals surface area contributed by atoms with Crippen LogP contribution in [0.1, 0.15) is 35.2 Å². The maximum atomic E-state index is 13.8. The summed E-state index contributed by atoms with van der Waals surface area (Å²) in [6, 6.07) is 7.29. The van der Waals surface area contributed by atoms with Gasteiger partial charge in [-0.3, -0.25) is 4.79 Å². The molecule has 12 heteroatoms. The summed E-state index contributed by atoms with van der Waals surface area (Å²) < 4.78 is 87.7. The van der Waals surface area contributed by atoms with E-state index in [4.69, 9.17) is 16.4 Å². The zero-order valence-electron chi connectivity index (χ0n) is 17.4. The Bertz CT molecular complexity index is 1170. The van der Waals surface area contributed by atoms with Crippen LogP contribution in [0.5, 0.6) is 0 Å². The van der Waals surface area contributed by atoms with Crippen molar-refractivity contribution in [3.8, 4) is 0 Å². The third-order valence-corrected chi connectivity index (χ3v) is 6.70. The highest BCUT2D eigenvalue weighted by atomic mass is 35.5. The molecule has 2 aromatic rings. The number of nitrogens with one attached hydrogen (secondary N) is 2. The summed E-state index contributed by atoms with van der Waals surface area (Å²) >= 11 is 5.83. The number of hydrogen-bond acceptors (Lipinski definition) is 4. The first kappa shape index (κ1) is 25.2. The van der Waals surface area contributed by atoms with E-state index in [1.165, 1.54) is 35.4 Å². The zero-order valence-corrected chi connectivity index (χ0v) is 19.0. The molecule has 0 aliphatic carbocycles. The largest absolute Gasteiger partial charge is 0.417 e. The van der Waals surface area contributed by atoms with E-state index >= 15 is 0 Å². The van der Waals surface area contributed by atoms with Gasteiger partial charge in [-0.15, -0.1) is 0 Å². The number of hydrogen-bond donors (Lipinski definition) is 2. The molecule has 1 aliphatic heterocycles. The highest BCUT2D eigenvalue weighted by molar-refractivity contribution is 7.91. The molecule has 0 radical (unpaired) electrons. The molecule has 0 spiro atoms. The van der Waals surface area contributed by atoms with Crippen LogP contribution in [0.4, 0.5) is 33.3 Å². The second-order valence-corrected chi connectivity index (χ2v) is 10.4. The smallest absolute Gasteiger partial charge is 0.371 e. The number of amides is 1. The molecule has 5 nitrogen and oxygen atoms in total. The van der Waals surface area contributed by atoms with E-state index in [2.05, 4.69) is 5.32 Å². The maximum Gasteiger partial charge on any atom is 0.417 e. The van der Waals surface area contributed by atoms with Crippen molar-refractivity contribution in [2.75, 3.05) is 29.6 Å². The van der Waals surface area contributed by atoms with Crippen molar-refractivity contribution in [2.45, 2.75) is 36.3 Å². The molecule has 1 unspecified atom stereocenters. The Morgan fingerprint density at radius 3 is 2.52 bits per heavy atom. The predicted octanol–water partition coefficient (Wildman–Crippen LogP) is 6.27. The third-order valence-electron chi connectivity index (χ3n) is 5.24. The minimum Gasteiger partial charge on any atom is -0.371 e. The van der Waals surface area contributed by atoms with Crippen molar-refractivity contribution in [3.05, 3.63) is 52.5 Å². The summed E-state index contributed by atoms with van der Waals surface area (Å²) in [5.74, 6) is -3.76.